The van der Waals surface area contributed by atoms with Crippen LogP contribution >= 0.6 is 0 Å². The summed E-state index contributed by atoms with van der Waals surface area (Å²) in [5, 5.41) is 12.5. The minimum Gasteiger partial charge on any atom is -0.381 e. The van der Waals surface area contributed by atoms with Crippen LogP contribution in [0.1, 0.15) is 44.6 Å². The second-order valence-electron chi connectivity index (χ2n) is 5.17. The Balaban J connectivity index is 2.15. The van der Waals surface area contributed by atoms with Crippen LogP contribution in [0.5, 0.6) is 0 Å². The second-order valence-corrected chi connectivity index (χ2v) is 5.17. The van der Waals surface area contributed by atoms with Gasteiger partial charge in [-0.2, -0.15) is 5.26 Å². The number of rotatable bonds is 2. The second kappa shape index (κ2) is 5.86. The average molecular weight is 246 g/mol. The number of hydrogen-bond donors (Lipinski definition) is 1. The first kappa shape index (κ1) is 12.9. The molecule has 0 aliphatic heterocycles. The lowest BCUT2D eigenvalue weighted by molar-refractivity contribution is 0.456. The summed E-state index contributed by atoms with van der Waals surface area (Å²) in [6, 6.07) is 6.82. The monoisotopic (exact) mass is 246 g/mol. The van der Waals surface area contributed by atoms with E-state index in [1.807, 2.05) is 0 Å². The first-order chi connectivity index (χ1) is 8.70. The molecule has 3 heteroatoms. The summed E-state index contributed by atoms with van der Waals surface area (Å²) in [6.07, 6.45) is 6.15. The third-order valence-electron chi connectivity index (χ3n) is 3.80. The SMILES string of the molecule is CC1CCCCCC1Nc1ccc(F)cc1C#N. The number of nitrogens with one attached hydrogen (secondary N) is 1. The number of nitriles is 1. The normalized spacial score (nSPS) is 24.1. The summed E-state index contributed by atoms with van der Waals surface area (Å²) in [6.45, 7) is 2.25. The van der Waals surface area contributed by atoms with Crippen molar-refractivity contribution in [2.75, 3.05) is 5.32 Å². The van der Waals surface area contributed by atoms with E-state index in [9.17, 15) is 4.39 Å². The van der Waals surface area contributed by atoms with Gasteiger partial charge in [-0.25, -0.2) is 4.39 Å². The van der Waals surface area contributed by atoms with Gasteiger partial charge in [-0.15, -0.1) is 0 Å². The van der Waals surface area contributed by atoms with Crippen LogP contribution in [0, 0.1) is 23.1 Å². The van der Waals surface area contributed by atoms with E-state index < -0.39 is 0 Å². The lowest BCUT2D eigenvalue weighted by atomic mass is 9.96. The Kier molecular flexibility index (Phi) is 4.19. The van der Waals surface area contributed by atoms with E-state index in [0.717, 1.165) is 12.1 Å². The zero-order valence-corrected chi connectivity index (χ0v) is 10.7. The molecule has 2 atom stereocenters. The van der Waals surface area contributed by atoms with Gasteiger partial charge in [-0.1, -0.05) is 26.2 Å². The molecule has 1 aromatic rings. The van der Waals surface area contributed by atoms with Gasteiger partial charge < -0.3 is 5.32 Å². The molecule has 2 unspecified atom stereocenters. The highest BCUT2D eigenvalue weighted by Gasteiger charge is 2.20. The van der Waals surface area contributed by atoms with Crippen LogP contribution < -0.4 is 5.32 Å². The molecule has 1 aliphatic carbocycles. The molecular weight excluding hydrogens is 227 g/mol. The average Bonchev–Trinajstić information content (AvgIpc) is 2.57. The fourth-order valence-corrected chi connectivity index (χ4v) is 2.64. The molecule has 1 fully saturated rings. The maximum absolute atomic E-state index is 13.1. The molecule has 0 heterocycles. The predicted molar refractivity (Wildman–Crippen MR) is 70.8 cm³/mol. The predicted octanol–water partition coefficient (Wildman–Crippen LogP) is 4.08. The van der Waals surface area contributed by atoms with Crippen LogP contribution in [0.3, 0.4) is 0 Å². The van der Waals surface area contributed by atoms with Crippen molar-refractivity contribution in [3.8, 4) is 6.07 Å². The van der Waals surface area contributed by atoms with E-state index >= 15 is 0 Å². The van der Waals surface area contributed by atoms with E-state index in [2.05, 4.69) is 18.3 Å². The number of halogens is 1. The Morgan fingerprint density at radius 1 is 1.28 bits per heavy atom. The molecule has 96 valence electrons. The highest BCUT2D eigenvalue weighted by molar-refractivity contribution is 5.58. The zero-order chi connectivity index (χ0) is 13.0. The smallest absolute Gasteiger partial charge is 0.124 e. The van der Waals surface area contributed by atoms with Crippen molar-refractivity contribution < 1.29 is 4.39 Å². The fourth-order valence-electron chi connectivity index (χ4n) is 2.64. The van der Waals surface area contributed by atoms with Gasteiger partial charge in [0.25, 0.3) is 0 Å². The van der Waals surface area contributed by atoms with E-state index in [1.165, 1.54) is 37.8 Å². The molecule has 0 bridgehead atoms. The van der Waals surface area contributed by atoms with Crippen LogP contribution in [0.15, 0.2) is 18.2 Å². The van der Waals surface area contributed by atoms with Crippen molar-refractivity contribution in [2.24, 2.45) is 5.92 Å². The fraction of sp³-hybridized carbons (Fsp3) is 0.533. The van der Waals surface area contributed by atoms with E-state index in [-0.39, 0.29) is 5.82 Å². The molecule has 0 radical (unpaired) electrons. The Morgan fingerprint density at radius 2 is 2.06 bits per heavy atom. The van der Waals surface area contributed by atoms with Gasteiger partial charge in [0.05, 0.1) is 11.3 Å². The number of nitrogens with zero attached hydrogens (tertiary/aromatic N) is 1. The molecule has 1 saturated carbocycles. The van der Waals surface area contributed by atoms with Crippen molar-refractivity contribution >= 4 is 5.69 Å². The van der Waals surface area contributed by atoms with Crippen LogP contribution in [-0.4, -0.2) is 6.04 Å². The van der Waals surface area contributed by atoms with Crippen LogP contribution in [0.25, 0.3) is 0 Å². The molecule has 18 heavy (non-hydrogen) atoms. The first-order valence-electron chi connectivity index (χ1n) is 6.67. The third-order valence-corrected chi connectivity index (χ3v) is 3.80. The lowest BCUT2D eigenvalue weighted by Crippen LogP contribution is -2.26. The summed E-state index contributed by atoms with van der Waals surface area (Å²) in [5.41, 5.74) is 1.16. The van der Waals surface area contributed by atoms with Gasteiger partial charge in [-0.05, 0) is 37.0 Å². The van der Waals surface area contributed by atoms with Crippen LogP contribution in [0.2, 0.25) is 0 Å². The summed E-state index contributed by atoms with van der Waals surface area (Å²) >= 11 is 0. The summed E-state index contributed by atoms with van der Waals surface area (Å²) in [5.74, 6) is 0.245. The maximum atomic E-state index is 13.1. The minimum absolute atomic E-state index is 0.356. The Morgan fingerprint density at radius 3 is 2.83 bits per heavy atom. The standard InChI is InChI=1S/C15H19FN2/c1-11-5-3-2-4-6-14(11)18-15-8-7-13(16)9-12(15)10-17/h7-9,11,14,18H,2-6H2,1H3. The quantitative estimate of drug-likeness (QED) is 0.798. The molecule has 0 spiro atoms. The Labute approximate surface area is 108 Å². The van der Waals surface area contributed by atoms with Gasteiger partial charge in [-0.3, -0.25) is 0 Å². The molecular formula is C15H19FN2. The number of anilines is 1. The van der Waals surface area contributed by atoms with Crippen molar-refractivity contribution in [1.82, 2.24) is 0 Å². The molecule has 2 nitrogen and oxygen atoms in total. The summed E-state index contributed by atoms with van der Waals surface area (Å²) < 4.78 is 13.1. The Hall–Kier alpha value is -1.56. The third kappa shape index (κ3) is 3.01. The summed E-state index contributed by atoms with van der Waals surface area (Å²) in [4.78, 5) is 0. The van der Waals surface area contributed by atoms with Crippen molar-refractivity contribution in [2.45, 2.75) is 45.1 Å². The molecule has 0 amide bonds. The van der Waals surface area contributed by atoms with Gasteiger partial charge in [0.2, 0.25) is 0 Å². The minimum atomic E-state index is -0.356. The first-order valence-corrected chi connectivity index (χ1v) is 6.67. The molecule has 0 saturated heterocycles. The topological polar surface area (TPSA) is 35.8 Å². The highest BCUT2D eigenvalue weighted by atomic mass is 19.1. The molecule has 1 aromatic carbocycles. The van der Waals surface area contributed by atoms with E-state index in [4.69, 9.17) is 5.26 Å². The van der Waals surface area contributed by atoms with Crippen molar-refractivity contribution in [3.05, 3.63) is 29.6 Å². The molecule has 0 aromatic heterocycles. The van der Waals surface area contributed by atoms with Crippen molar-refractivity contribution in [1.29, 1.82) is 5.26 Å². The number of hydrogen-bond acceptors (Lipinski definition) is 2. The van der Waals surface area contributed by atoms with E-state index in [0.29, 0.717) is 17.5 Å². The van der Waals surface area contributed by atoms with Crippen LogP contribution in [0.4, 0.5) is 10.1 Å². The largest absolute Gasteiger partial charge is 0.381 e. The van der Waals surface area contributed by atoms with Crippen LogP contribution in [-0.2, 0) is 0 Å². The summed E-state index contributed by atoms with van der Waals surface area (Å²) in [7, 11) is 0. The molecule has 2 rings (SSSR count). The van der Waals surface area contributed by atoms with Gasteiger partial charge in [0, 0.05) is 6.04 Å². The molecule has 1 N–H and O–H groups in total. The lowest BCUT2D eigenvalue weighted by Gasteiger charge is -2.24. The maximum Gasteiger partial charge on any atom is 0.124 e. The Bertz CT molecular complexity index is 450. The van der Waals surface area contributed by atoms with Gasteiger partial charge in [0.15, 0.2) is 0 Å². The zero-order valence-electron chi connectivity index (χ0n) is 10.7. The van der Waals surface area contributed by atoms with Gasteiger partial charge in [0.1, 0.15) is 11.9 Å². The molecule has 1 aliphatic rings. The van der Waals surface area contributed by atoms with Gasteiger partial charge >= 0.3 is 0 Å². The van der Waals surface area contributed by atoms with Crippen molar-refractivity contribution in [3.63, 3.8) is 0 Å². The highest BCUT2D eigenvalue weighted by Crippen LogP contribution is 2.27. The number of benzene rings is 1. The van der Waals surface area contributed by atoms with E-state index in [1.54, 1.807) is 6.07 Å².